The molecule has 0 bridgehead atoms. The SMILES string of the molecule is CN1C(=O)CC(N2CCC(Oc3ncc(-c4cnn(C)c4)cn3)CC2)N(C)C1=O. The van der Waals surface area contributed by atoms with Crippen molar-refractivity contribution in [3.8, 4) is 17.1 Å². The predicted octanol–water partition coefficient (Wildman–Crippen LogP) is 0.960. The van der Waals surface area contributed by atoms with Crippen molar-refractivity contribution in [2.75, 3.05) is 27.2 Å². The van der Waals surface area contributed by atoms with E-state index in [-0.39, 0.29) is 24.2 Å². The highest BCUT2D eigenvalue weighted by Crippen LogP contribution is 2.24. The van der Waals surface area contributed by atoms with E-state index in [9.17, 15) is 9.59 Å². The van der Waals surface area contributed by atoms with Crippen molar-refractivity contribution >= 4 is 11.9 Å². The van der Waals surface area contributed by atoms with Gasteiger partial charge in [-0.25, -0.2) is 14.8 Å². The number of likely N-dealkylation sites (tertiary alicyclic amines) is 1. The van der Waals surface area contributed by atoms with E-state index in [4.69, 9.17) is 4.74 Å². The van der Waals surface area contributed by atoms with Crippen molar-refractivity contribution in [3.63, 3.8) is 0 Å². The van der Waals surface area contributed by atoms with Crippen molar-refractivity contribution in [1.82, 2.24) is 34.4 Å². The number of aryl methyl sites for hydroxylation is 1. The molecule has 0 radical (unpaired) electrons. The number of aromatic nitrogens is 4. The number of urea groups is 1. The zero-order chi connectivity index (χ0) is 20.5. The molecule has 0 saturated carbocycles. The van der Waals surface area contributed by atoms with Crippen LogP contribution in [0.2, 0.25) is 0 Å². The van der Waals surface area contributed by atoms with Gasteiger partial charge in [0.15, 0.2) is 0 Å². The van der Waals surface area contributed by atoms with Crippen LogP contribution in [0.15, 0.2) is 24.8 Å². The third-order valence-corrected chi connectivity index (χ3v) is 5.60. The molecule has 29 heavy (non-hydrogen) atoms. The number of carbonyl (C=O) groups is 2. The fraction of sp³-hybridized carbons (Fsp3) is 0.526. The summed E-state index contributed by atoms with van der Waals surface area (Å²) in [6, 6.07) is 0.101. The van der Waals surface area contributed by atoms with Gasteiger partial charge in [-0.05, 0) is 12.8 Å². The van der Waals surface area contributed by atoms with Crippen LogP contribution in [-0.4, -0.2) is 85.8 Å². The lowest BCUT2D eigenvalue weighted by Gasteiger charge is -2.44. The zero-order valence-electron chi connectivity index (χ0n) is 16.9. The molecule has 0 aromatic carbocycles. The standard InChI is InChI=1S/C19H25N7O3/c1-23-12-14(11-22-23)13-9-20-18(21-10-13)29-15-4-6-26(7-5-15)16-8-17(27)25(3)19(28)24(16)2/h9-12,15-16H,4-8H2,1-3H3. The molecule has 4 heterocycles. The lowest BCUT2D eigenvalue weighted by molar-refractivity contribution is -0.134. The summed E-state index contributed by atoms with van der Waals surface area (Å²) in [5.74, 6) is -0.140. The first-order chi connectivity index (χ1) is 13.9. The van der Waals surface area contributed by atoms with E-state index >= 15 is 0 Å². The lowest BCUT2D eigenvalue weighted by atomic mass is 10.1. The molecule has 2 aromatic rings. The molecule has 2 aromatic heterocycles. The monoisotopic (exact) mass is 399 g/mol. The average Bonchev–Trinajstić information content (AvgIpc) is 3.17. The highest BCUT2D eigenvalue weighted by molar-refractivity contribution is 5.96. The van der Waals surface area contributed by atoms with Crippen molar-refractivity contribution < 1.29 is 14.3 Å². The Morgan fingerprint density at radius 1 is 1.00 bits per heavy atom. The summed E-state index contributed by atoms with van der Waals surface area (Å²) in [4.78, 5) is 37.9. The van der Waals surface area contributed by atoms with Crippen LogP contribution < -0.4 is 4.74 Å². The first-order valence-corrected chi connectivity index (χ1v) is 9.67. The number of hydrogen-bond donors (Lipinski definition) is 0. The second kappa shape index (κ2) is 7.78. The highest BCUT2D eigenvalue weighted by Gasteiger charge is 2.39. The van der Waals surface area contributed by atoms with Crippen molar-refractivity contribution in [2.45, 2.75) is 31.5 Å². The molecule has 4 rings (SSSR count). The normalized spacial score (nSPS) is 21.7. The summed E-state index contributed by atoms with van der Waals surface area (Å²) >= 11 is 0. The molecule has 10 nitrogen and oxygen atoms in total. The van der Waals surface area contributed by atoms with E-state index in [1.54, 1.807) is 35.2 Å². The maximum Gasteiger partial charge on any atom is 0.327 e. The summed E-state index contributed by atoms with van der Waals surface area (Å²) in [6.07, 6.45) is 8.86. The molecule has 0 N–H and O–H groups in total. The molecule has 2 fully saturated rings. The van der Waals surface area contributed by atoms with Crippen LogP contribution in [0.4, 0.5) is 4.79 Å². The molecule has 2 aliphatic heterocycles. The second-order valence-corrected chi connectivity index (χ2v) is 7.54. The molecule has 0 spiro atoms. The Morgan fingerprint density at radius 2 is 1.69 bits per heavy atom. The van der Waals surface area contributed by atoms with Crippen LogP contribution in [0.25, 0.3) is 11.1 Å². The number of amides is 3. The van der Waals surface area contributed by atoms with Gasteiger partial charge in [0.2, 0.25) is 5.91 Å². The number of piperidine rings is 1. The van der Waals surface area contributed by atoms with Crippen LogP contribution in [0.3, 0.4) is 0 Å². The van der Waals surface area contributed by atoms with Gasteiger partial charge in [-0.1, -0.05) is 0 Å². The van der Waals surface area contributed by atoms with E-state index in [0.717, 1.165) is 37.1 Å². The third kappa shape index (κ3) is 3.93. The first kappa shape index (κ1) is 19.3. The second-order valence-electron chi connectivity index (χ2n) is 7.54. The predicted molar refractivity (Wildman–Crippen MR) is 104 cm³/mol. The fourth-order valence-electron chi connectivity index (χ4n) is 3.81. The van der Waals surface area contributed by atoms with Gasteiger partial charge < -0.3 is 9.64 Å². The van der Waals surface area contributed by atoms with E-state index < -0.39 is 0 Å². The number of ether oxygens (including phenoxy) is 1. The Labute approximate surface area is 169 Å². The summed E-state index contributed by atoms with van der Waals surface area (Å²) in [5.41, 5.74) is 1.85. The molecule has 10 heteroatoms. The lowest BCUT2D eigenvalue weighted by Crippen LogP contribution is -2.61. The summed E-state index contributed by atoms with van der Waals surface area (Å²) in [6.45, 7) is 1.50. The Kier molecular flexibility index (Phi) is 5.18. The van der Waals surface area contributed by atoms with Crippen LogP contribution in [0.1, 0.15) is 19.3 Å². The number of carbonyl (C=O) groups excluding carboxylic acids is 2. The van der Waals surface area contributed by atoms with Gasteiger partial charge in [-0.15, -0.1) is 0 Å². The molecule has 1 atom stereocenters. The average molecular weight is 399 g/mol. The number of rotatable bonds is 4. The minimum Gasteiger partial charge on any atom is -0.460 e. The zero-order valence-corrected chi connectivity index (χ0v) is 16.9. The number of hydrogen-bond acceptors (Lipinski definition) is 7. The van der Waals surface area contributed by atoms with Gasteiger partial charge in [0, 0.05) is 63.9 Å². The summed E-state index contributed by atoms with van der Waals surface area (Å²) in [5, 5.41) is 4.15. The molecule has 2 saturated heterocycles. The molecule has 0 aliphatic carbocycles. The van der Waals surface area contributed by atoms with Crippen molar-refractivity contribution in [1.29, 1.82) is 0 Å². The molecule has 2 aliphatic rings. The number of imide groups is 1. The molecular formula is C19H25N7O3. The Balaban J connectivity index is 1.32. The van der Waals surface area contributed by atoms with Crippen molar-refractivity contribution in [2.24, 2.45) is 7.05 Å². The Bertz CT molecular complexity index is 889. The molecule has 3 amide bonds. The summed E-state index contributed by atoms with van der Waals surface area (Å²) < 4.78 is 7.68. The van der Waals surface area contributed by atoms with Crippen LogP contribution in [0.5, 0.6) is 6.01 Å². The van der Waals surface area contributed by atoms with E-state index in [2.05, 4.69) is 20.0 Å². The van der Waals surface area contributed by atoms with Crippen molar-refractivity contribution in [3.05, 3.63) is 24.8 Å². The third-order valence-electron chi connectivity index (χ3n) is 5.60. The first-order valence-electron chi connectivity index (χ1n) is 9.67. The van der Waals surface area contributed by atoms with Crippen LogP contribution in [0, 0.1) is 0 Å². The van der Waals surface area contributed by atoms with Gasteiger partial charge in [-0.3, -0.25) is 19.3 Å². The van der Waals surface area contributed by atoms with Gasteiger partial charge in [0.1, 0.15) is 6.10 Å². The van der Waals surface area contributed by atoms with Crippen LogP contribution in [-0.2, 0) is 11.8 Å². The van der Waals surface area contributed by atoms with E-state index in [0.29, 0.717) is 12.4 Å². The topological polar surface area (TPSA) is 96.7 Å². The molecule has 1 unspecified atom stereocenters. The smallest absolute Gasteiger partial charge is 0.327 e. The molecular weight excluding hydrogens is 374 g/mol. The maximum absolute atomic E-state index is 12.2. The Morgan fingerprint density at radius 3 is 2.31 bits per heavy atom. The van der Waals surface area contributed by atoms with Gasteiger partial charge in [0.25, 0.3) is 0 Å². The number of nitrogens with zero attached hydrogens (tertiary/aromatic N) is 7. The van der Waals surface area contributed by atoms with E-state index in [1.807, 2.05) is 13.2 Å². The minimum absolute atomic E-state index is 0.0125. The Hall–Kier alpha value is -3.01. The fourth-order valence-corrected chi connectivity index (χ4v) is 3.81. The summed E-state index contributed by atoms with van der Waals surface area (Å²) in [7, 11) is 5.14. The van der Waals surface area contributed by atoms with Crippen LogP contribution >= 0.6 is 0 Å². The van der Waals surface area contributed by atoms with Gasteiger partial charge in [0.05, 0.1) is 18.8 Å². The van der Waals surface area contributed by atoms with Gasteiger partial charge in [-0.2, -0.15) is 5.10 Å². The quantitative estimate of drug-likeness (QED) is 0.755. The maximum atomic E-state index is 12.2. The molecule has 154 valence electrons. The van der Waals surface area contributed by atoms with E-state index in [1.165, 1.54) is 11.9 Å². The van der Waals surface area contributed by atoms with Gasteiger partial charge >= 0.3 is 12.0 Å². The minimum atomic E-state index is -0.258. The largest absolute Gasteiger partial charge is 0.460 e. The highest BCUT2D eigenvalue weighted by atomic mass is 16.5.